The summed E-state index contributed by atoms with van der Waals surface area (Å²) in [5.74, 6) is -0.641. The second-order valence-electron chi connectivity index (χ2n) is 5.88. The highest BCUT2D eigenvalue weighted by atomic mass is 16.4. The standard InChI is InChI=1S/C16H30O7/c1-2-3-4-5-6-7-8-9-11(18)13(20)15(22)16(23)14(21)12(19)10-17/h10,12-16,19-23H,2-9H2,1H3/t12-,13?,14+,15+,16-/m0/s1. The second kappa shape index (κ2) is 12.5. The maximum atomic E-state index is 11.8. The van der Waals surface area contributed by atoms with Gasteiger partial charge in [-0.3, -0.25) is 4.79 Å². The zero-order valence-electron chi connectivity index (χ0n) is 13.7. The van der Waals surface area contributed by atoms with E-state index in [0.29, 0.717) is 6.42 Å². The number of carbonyl (C=O) groups excluding carboxylic acids is 2. The van der Waals surface area contributed by atoms with Gasteiger partial charge in [-0.2, -0.15) is 0 Å². The van der Waals surface area contributed by atoms with E-state index in [0.717, 1.165) is 32.1 Å². The first-order chi connectivity index (χ1) is 10.9. The predicted molar refractivity (Wildman–Crippen MR) is 83.7 cm³/mol. The number of aldehydes is 1. The van der Waals surface area contributed by atoms with E-state index in [-0.39, 0.29) is 12.7 Å². The number of ketones is 1. The summed E-state index contributed by atoms with van der Waals surface area (Å²) >= 11 is 0. The molecule has 136 valence electrons. The molecule has 0 saturated heterocycles. The minimum absolute atomic E-state index is 0.00660. The van der Waals surface area contributed by atoms with Crippen molar-refractivity contribution in [2.45, 2.75) is 88.8 Å². The Labute approximate surface area is 137 Å². The highest BCUT2D eigenvalue weighted by Gasteiger charge is 2.36. The number of aliphatic hydroxyl groups is 5. The number of hydrogen-bond donors (Lipinski definition) is 5. The van der Waals surface area contributed by atoms with Gasteiger partial charge in [0.05, 0.1) is 0 Å². The quantitative estimate of drug-likeness (QED) is 0.217. The molecule has 0 spiro atoms. The first-order valence-corrected chi connectivity index (χ1v) is 8.25. The van der Waals surface area contributed by atoms with Gasteiger partial charge in [0.25, 0.3) is 0 Å². The van der Waals surface area contributed by atoms with Crippen molar-refractivity contribution in [3.05, 3.63) is 0 Å². The van der Waals surface area contributed by atoms with Gasteiger partial charge in [0.2, 0.25) is 0 Å². The molecular weight excluding hydrogens is 304 g/mol. The molecule has 23 heavy (non-hydrogen) atoms. The van der Waals surface area contributed by atoms with Crippen molar-refractivity contribution < 1.29 is 35.1 Å². The van der Waals surface area contributed by atoms with Gasteiger partial charge in [-0.1, -0.05) is 45.4 Å². The van der Waals surface area contributed by atoms with Gasteiger partial charge >= 0.3 is 0 Å². The maximum absolute atomic E-state index is 11.8. The van der Waals surface area contributed by atoms with E-state index < -0.39 is 36.3 Å². The van der Waals surface area contributed by atoms with Crippen LogP contribution in [0, 0.1) is 0 Å². The lowest BCUT2D eigenvalue weighted by Crippen LogP contribution is -2.51. The molecule has 0 aromatic rings. The normalized spacial score (nSPS) is 18.0. The minimum Gasteiger partial charge on any atom is -0.387 e. The van der Waals surface area contributed by atoms with E-state index in [1.807, 2.05) is 0 Å². The lowest BCUT2D eigenvalue weighted by Gasteiger charge is -2.26. The summed E-state index contributed by atoms with van der Waals surface area (Å²) in [6.07, 6.45) is -2.61. The van der Waals surface area contributed by atoms with Gasteiger partial charge in [0.1, 0.15) is 30.5 Å². The van der Waals surface area contributed by atoms with E-state index in [9.17, 15) is 30.0 Å². The van der Waals surface area contributed by atoms with Crippen molar-refractivity contribution in [2.24, 2.45) is 0 Å². The van der Waals surface area contributed by atoms with Crippen molar-refractivity contribution in [1.82, 2.24) is 0 Å². The van der Waals surface area contributed by atoms with Gasteiger partial charge in [-0.05, 0) is 6.42 Å². The maximum Gasteiger partial charge on any atom is 0.164 e. The van der Waals surface area contributed by atoms with Gasteiger partial charge < -0.3 is 30.3 Å². The lowest BCUT2D eigenvalue weighted by atomic mass is 9.95. The van der Waals surface area contributed by atoms with Crippen LogP contribution >= 0.6 is 0 Å². The average Bonchev–Trinajstić information content (AvgIpc) is 2.57. The topological polar surface area (TPSA) is 135 Å². The number of unbranched alkanes of at least 4 members (excludes halogenated alkanes) is 6. The molecule has 1 unspecified atom stereocenters. The molecule has 0 aliphatic carbocycles. The zero-order valence-corrected chi connectivity index (χ0v) is 13.7. The molecule has 0 saturated carbocycles. The van der Waals surface area contributed by atoms with Gasteiger partial charge in [-0.25, -0.2) is 0 Å². The Morgan fingerprint density at radius 2 is 1.35 bits per heavy atom. The minimum atomic E-state index is -2.00. The number of carbonyl (C=O) groups is 2. The number of rotatable bonds is 14. The van der Waals surface area contributed by atoms with E-state index in [2.05, 4.69) is 6.92 Å². The van der Waals surface area contributed by atoms with E-state index in [1.54, 1.807) is 0 Å². The van der Waals surface area contributed by atoms with Gasteiger partial charge in [-0.15, -0.1) is 0 Å². The first-order valence-electron chi connectivity index (χ1n) is 8.25. The highest BCUT2D eigenvalue weighted by Crippen LogP contribution is 2.13. The fourth-order valence-electron chi connectivity index (χ4n) is 2.27. The Morgan fingerprint density at radius 3 is 1.87 bits per heavy atom. The first kappa shape index (κ1) is 22.1. The molecular formula is C16H30O7. The lowest BCUT2D eigenvalue weighted by molar-refractivity contribution is -0.154. The molecule has 5 N–H and O–H groups in total. The summed E-state index contributed by atoms with van der Waals surface area (Å²) < 4.78 is 0. The van der Waals surface area contributed by atoms with Gasteiger partial charge in [0.15, 0.2) is 12.1 Å². The van der Waals surface area contributed by atoms with E-state index in [1.165, 1.54) is 6.42 Å². The Balaban J connectivity index is 4.09. The van der Waals surface area contributed by atoms with Crippen molar-refractivity contribution >= 4 is 12.1 Å². The predicted octanol–water partition coefficient (Wildman–Crippen LogP) is -0.300. The molecule has 0 amide bonds. The molecule has 0 rings (SSSR count). The highest BCUT2D eigenvalue weighted by molar-refractivity contribution is 5.83. The van der Waals surface area contributed by atoms with Gasteiger partial charge in [0, 0.05) is 6.42 Å². The molecule has 0 bridgehead atoms. The zero-order chi connectivity index (χ0) is 17.8. The molecule has 0 aromatic carbocycles. The largest absolute Gasteiger partial charge is 0.387 e. The number of hydrogen-bond acceptors (Lipinski definition) is 7. The van der Waals surface area contributed by atoms with Crippen LogP contribution in [0.1, 0.15) is 58.3 Å². The van der Waals surface area contributed by atoms with Crippen molar-refractivity contribution in [3.63, 3.8) is 0 Å². The second-order valence-corrected chi connectivity index (χ2v) is 5.88. The fourth-order valence-corrected chi connectivity index (χ4v) is 2.27. The molecule has 5 atom stereocenters. The van der Waals surface area contributed by atoms with Crippen molar-refractivity contribution in [1.29, 1.82) is 0 Å². The molecule has 7 nitrogen and oxygen atoms in total. The third-order valence-electron chi connectivity index (χ3n) is 3.87. The molecule has 0 fully saturated rings. The summed E-state index contributed by atoms with van der Waals surface area (Å²) in [4.78, 5) is 22.1. The molecule has 0 aliphatic heterocycles. The Hall–Kier alpha value is -0.860. The van der Waals surface area contributed by atoms with Crippen LogP contribution in [-0.4, -0.2) is 68.1 Å². The third kappa shape index (κ3) is 8.53. The van der Waals surface area contributed by atoms with Crippen molar-refractivity contribution in [2.75, 3.05) is 0 Å². The Morgan fingerprint density at radius 1 is 0.826 bits per heavy atom. The van der Waals surface area contributed by atoms with Crippen LogP contribution in [-0.2, 0) is 9.59 Å². The van der Waals surface area contributed by atoms with Crippen LogP contribution in [0.4, 0.5) is 0 Å². The van der Waals surface area contributed by atoms with Crippen LogP contribution in [0.2, 0.25) is 0 Å². The number of aliphatic hydroxyl groups excluding tert-OH is 5. The Bertz CT molecular complexity index is 334. The van der Waals surface area contributed by atoms with Crippen LogP contribution in [0.3, 0.4) is 0 Å². The van der Waals surface area contributed by atoms with E-state index in [4.69, 9.17) is 5.11 Å². The average molecular weight is 334 g/mol. The van der Waals surface area contributed by atoms with Crippen LogP contribution in [0.5, 0.6) is 0 Å². The number of Topliss-reactive ketones (excluding diaryl/α,β-unsaturated/α-hetero) is 1. The summed E-state index contributed by atoms with van der Waals surface area (Å²) in [6.45, 7) is 2.13. The monoisotopic (exact) mass is 334 g/mol. The van der Waals surface area contributed by atoms with Crippen LogP contribution < -0.4 is 0 Å². The van der Waals surface area contributed by atoms with Crippen molar-refractivity contribution in [3.8, 4) is 0 Å². The molecule has 7 heteroatoms. The molecule has 0 aliphatic rings. The third-order valence-corrected chi connectivity index (χ3v) is 3.87. The van der Waals surface area contributed by atoms with Crippen LogP contribution in [0.25, 0.3) is 0 Å². The molecule has 0 heterocycles. The summed E-state index contributed by atoms with van der Waals surface area (Å²) in [5.41, 5.74) is 0. The molecule has 0 aromatic heterocycles. The van der Waals surface area contributed by atoms with Crippen LogP contribution in [0.15, 0.2) is 0 Å². The Kier molecular flexibility index (Phi) is 12.1. The summed E-state index contributed by atoms with van der Waals surface area (Å²) in [6, 6.07) is 0. The SMILES string of the molecule is CCCCCCCCCC(=O)C(O)[C@@H](O)[C@@H](O)[C@H](O)[C@@H](O)C=O. The summed E-state index contributed by atoms with van der Waals surface area (Å²) in [7, 11) is 0. The smallest absolute Gasteiger partial charge is 0.164 e. The summed E-state index contributed by atoms with van der Waals surface area (Å²) in [5, 5.41) is 47.4. The fraction of sp³-hybridized carbons (Fsp3) is 0.875. The molecule has 0 radical (unpaired) electrons. The van der Waals surface area contributed by atoms with E-state index >= 15 is 0 Å².